The van der Waals surface area contributed by atoms with E-state index in [1.54, 1.807) is 24.3 Å². The van der Waals surface area contributed by atoms with Gasteiger partial charge < -0.3 is 10.1 Å². The fourth-order valence-corrected chi connectivity index (χ4v) is 4.12. The zero-order valence-corrected chi connectivity index (χ0v) is 19.5. The number of nitrogens with zero attached hydrogens (tertiary/aromatic N) is 2. The van der Waals surface area contributed by atoms with E-state index in [-0.39, 0.29) is 17.7 Å². The molecular formula is C28H31N3O3. The molecule has 4 rings (SSSR count). The summed E-state index contributed by atoms with van der Waals surface area (Å²) >= 11 is 0. The summed E-state index contributed by atoms with van der Waals surface area (Å²) in [7, 11) is 0. The van der Waals surface area contributed by atoms with Crippen LogP contribution in [0.3, 0.4) is 0 Å². The van der Waals surface area contributed by atoms with E-state index in [0.717, 1.165) is 38.5 Å². The van der Waals surface area contributed by atoms with Crippen LogP contribution in [0.25, 0.3) is 0 Å². The lowest BCUT2D eigenvalue weighted by Crippen LogP contribution is -2.53. The van der Waals surface area contributed by atoms with Gasteiger partial charge in [-0.3, -0.25) is 19.4 Å². The van der Waals surface area contributed by atoms with Gasteiger partial charge in [-0.25, -0.2) is 0 Å². The molecule has 34 heavy (non-hydrogen) atoms. The van der Waals surface area contributed by atoms with E-state index in [1.165, 1.54) is 0 Å². The van der Waals surface area contributed by atoms with Gasteiger partial charge in [-0.1, -0.05) is 60.7 Å². The van der Waals surface area contributed by atoms with E-state index in [0.29, 0.717) is 23.4 Å². The summed E-state index contributed by atoms with van der Waals surface area (Å²) in [5.74, 6) is 0.683. The number of hydrogen-bond donors (Lipinski definition) is 1. The molecule has 0 saturated carbocycles. The summed E-state index contributed by atoms with van der Waals surface area (Å²) in [6.07, 6.45) is 0. The quantitative estimate of drug-likeness (QED) is 0.493. The number of anilines is 1. The van der Waals surface area contributed by atoms with Crippen LogP contribution in [0.15, 0.2) is 84.9 Å². The normalized spacial score (nSPS) is 15.4. The van der Waals surface area contributed by atoms with Gasteiger partial charge >= 0.3 is 0 Å². The second-order valence-electron chi connectivity index (χ2n) is 8.45. The number of ether oxygens (including phenoxy) is 1. The molecule has 1 aliphatic rings. The maximum atomic E-state index is 13.0. The monoisotopic (exact) mass is 457 g/mol. The molecule has 6 nitrogen and oxygen atoms in total. The average Bonchev–Trinajstić information content (AvgIpc) is 2.90. The highest BCUT2D eigenvalue weighted by Gasteiger charge is 2.26. The summed E-state index contributed by atoms with van der Waals surface area (Å²) in [6, 6.07) is 25.9. The summed E-state index contributed by atoms with van der Waals surface area (Å²) in [6.45, 7) is 6.82. The van der Waals surface area contributed by atoms with Crippen molar-refractivity contribution in [2.75, 3.05) is 44.6 Å². The molecule has 0 unspecified atom stereocenters. The van der Waals surface area contributed by atoms with Crippen molar-refractivity contribution >= 4 is 17.4 Å². The maximum absolute atomic E-state index is 13.0. The van der Waals surface area contributed by atoms with Crippen LogP contribution in [-0.2, 0) is 4.79 Å². The number of para-hydroxylation sites is 2. The Bertz CT molecular complexity index is 1080. The first kappa shape index (κ1) is 23.7. The van der Waals surface area contributed by atoms with E-state index in [4.69, 9.17) is 4.74 Å². The number of benzene rings is 3. The van der Waals surface area contributed by atoms with Gasteiger partial charge in [0.2, 0.25) is 5.91 Å². The highest BCUT2D eigenvalue weighted by Crippen LogP contribution is 2.20. The molecule has 1 aliphatic heterocycles. The third-order valence-corrected chi connectivity index (χ3v) is 6.22. The number of carbonyl (C=O) groups excluding carboxylic acids is 2. The number of nitrogens with one attached hydrogen (secondary N) is 1. The van der Waals surface area contributed by atoms with Crippen molar-refractivity contribution in [1.29, 1.82) is 0 Å². The zero-order valence-electron chi connectivity index (χ0n) is 19.5. The van der Waals surface area contributed by atoms with Gasteiger partial charge in [0.1, 0.15) is 12.4 Å². The van der Waals surface area contributed by atoms with Gasteiger partial charge in [-0.15, -0.1) is 0 Å². The topological polar surface area (TPSA) is 61.9 Å². The smallest absolute Gasteiger partial charge is 0.241 e. The lowest BCUT2D eigenvalue weighted by atomic mass is 10.0. The second kappa shape index (κ2) is 11.6. The minimum atomic E-state index is -0.289. The van der Waals surface area contributed by atoms with Gasteiger partial charge in [0.15, 0.2) is 5.78 Å². The molecule has 0 radical (unpaired) electrons. The fraction of sp³-hybridized carbons (Fsp3) is 0.286. The van der Waals surface area contributed by atoms with Crippen LogP contribution in [0.2, 0.25) is 0 Å². The molecule has 1 fully saturated rings. The molecule has 0 aliphatic carbocycles. The molecule has 0 spiro atoms. The first-order chi connectivity index (χ1) is 16.6. The first-order valence-corrected chi connectivity index (χ1v) is 11.8. The van der Waals surface area contributed by atoms with Crippen LogP contribution >= 0.6 is 0 Å². The van der Waals surface area contributed by atoms with Crippen LogP contribution in [0.5, 0.6) is 5.75 Å². The molecule has 1 N–H and O–H groups in total. The lowest BCUT2D eigenvalue weighted by Gasteiger charge is -2.37. The highest BCUT2D eigenvalue weighted by atomic mass is 16.5. The van der Waals surface area contributed by atoms with E-state index >= 15 is 0 Å². The Morgan fingerprint density at radius 3 is 2.18 bits per heavy atom. The first-order valence-electron chi connectivity index (χ1n) is 11.8. The van der Waals surface area contributed by atoms with Gasteiger partial charge in [0.25, 0.3) is 0 Å². The van der Waals surface area contributed by atoms with E-state index in [2.05, 4.69) is 15.1 Å². The van der Waals surface area contributed by atoms with E-state index in [1.807, 2.05) is 67.6 Å². The minimum Gasteiger partial charge on any atom is -0.492 e. The Kier molecular flexibility index (Phi) is 8.07. The maximum Gasteiger partial charge on any atom is 0.241 e. The van der Waals surface area contributed by atoms with Crippen molar-refractivity contribution in [2.45, 2.75) is 13.0 Å². The Hall–Kier alpha value is -3.48. The van der Waals surface area contributed by atoms with Crippen molar-refractivity contribution in [3.05, 3.63) is 96.1 Å². The molecule has 3 aromatic rings. The lowest BCUT2D eigenvalue weighted by molar-refractivity contribution is -0.121. The minimum absolute atomic E-state index is 0.101. The number of ketones is 1. The number of hydrogen-bond acceptors (Lipinski definition) is 5. The molecule has 1 atom stereocenters. The molecular weight excluding hydrogens is 426 g/mol. The molecule has 1 amide bonds. The second-order valence-corrected chi connectivity index (χ2v) is 8.45. The van der Waals surface area contributed by atoms with Crippen molar-refractivity contribution in [3.63, 3.8) is 0 Å². The Balaban J connectivity index is 1.28. The number of carbonyl (C=O) groups is 2. The van der Waals surface area contributed by atoms with Gasteiger partial charge in [-0.2, -0.15) is 0 Å². The molecule has 0 bridgehead atoms. The average molecular weight is 458 g/mol. The molecule has 176 valence electrons. The fourth-order valence-electron chi connectivity index (χ4n) is 4.12. The Morgan fingerprint density at radius 2 is 1.47 bits per heavy atom. The van der Waals surface area contributed by atoms with E-state index in [9.17, 15) is 9.59 Å². The highest BCUT2D eigenvalue weighted by molar-refractivity contribution is 6.14. The van der Waals surface area contributed by atoms with Crippen molar-refractivity contribution in [3.8, 4) is 5.75 Å². The van der Waals surface area contributed by atoms with Crippen LogP contribution in [0.1, 0.15) is 22.8 Å². The van der Waals surface area contributed by atoms with Crippen LogP contribution in [0, 0.1) is 0 Å². The van der Waals surface area contributed by atoms with Crippen molar-refractivity contribution < 1.29 is 14.3 Å². The van der Waals surface area contributed by atoms with Crippen LogP contribution < -0.4 is 10.1 Å². The third kappa shape index (κ3) is 6.10. The molecule has 6 heteroatoms. The Morgan fingerprint density at radius 1 is 0.853 bits per heavy atom. The zero-order chi connectivity index (χ0) is 23.8. The van der Waals surface area contributed by atoms with Crippen LogP contribution in [-0.4, -0.2) is 66.9 Å². The summed E-state index contributed by atoms with van der Waals surface area (Å²) in [5.41, 5.74) is 1.65. The third-order valence-electron chi connectivity index (χ3n) is 6.22. The Labute approximate surface area is 201 Å². The number of rotatable bonds is 9. The summed E-state index contributed by atoms with van der Waals surface area (Å²) < 4.78 is 5.80. The van der Waals surface area contributed by atoms with Crippen LogP contribution in [0.4, 0.5) is 5.69 Å². The molecule has 3 aromatic carbocycles. The molecule has 0 aromatic heterocycles. The van der Waals surface area contributed by atoms with Crippen molar-refractivity contribution in [1.82, 2.24) is 9.80 Å². The molecule has 1 heterocycles. The number of amides is 1. The van der Waals surface area contributed by atoms with Gasteiger partial charge in [0.05, 0.1) is 11.7 Å². The molecule has 1 saturated heterocycles. The largest absolute Gasteiger partial charge is 0.492 e. The summed E-state index contributed by atoms with van der Waals surface area (Å²) in [4.78, 5) is 30.5. The predicted molar refractivity (Wildman–Crippen MR) is 134 cm³/mol. The number of piperazine rings is 1. The van der Waals surface area contributed by atoms with Gasteiger partial charge in [0, 0.05) is 43.9 Å². The van der Waals surface area contributed by atoms with Gasteiger partial charge in [-0.05, 0) is 31.2 Å². The standard InChI is InChI=1S/C28H31N3O3/c1-22(31-18-16-30(17-19-31)20-21-34-24-12-6-3-7-13-24)28(33)29-26-15-9-8-14-25(26)27(32)23-10-4-2-5-11-23/h2-15,22H,16-21H2,1H3,(H,29,33)/t22-/m1/s1. The summed E-state index contributed by atoms with van der Waals surface area (Å²) in [5, 5.41) is 2.99. The van der Waals surface area contributed by atoms with E-state index < -0.39 is 0 Å². The van der Waals surface area contributed by atoms with Crippen molar-refractivity contribution in [2.24, 2.45) is 0 Å². The SMILES string of the molecule is C[C@H](C(=O)Nc1ccccc1C(=O)c1ccccc1)N1CCN(CCOc2ccccc2)CC1. The predicted octanol–water partition coefficient (Wildman–Crippen LogP) is 3.94.